The molecule has 160 valence electrons. The molecule has 0 radical (unpaired) electrons. The number of nitrogens with zero attached hydrogens (tertiary/aromatic N) is 5. The fourth-order valence-corrected chi connectivity index (χ4v) is 3.81. The van der Waals surface area contributed by atoms with Gasteiger partial charge in [0.15, 0.2) is 0 Å². The van der Waals surface area contributed by atoms with E-state index in [0.29, 0.717) is 13.1 Å². The first-order valence-corrected chi connectivity index (χ1v) is 10.6. The number of aromatic nitrogens is 2. The summed E-state index contributed by atoms with van der Waals surface area (Å²) in [5.74, 6) is 2.65. The summed E-state index contributed by atoms with van der Waals surface area (Å²) in [5.41, 5.74) is 3.23. The molecular formula is C22H30N6O2. The largest absolute Gasteiger partial charge is 0.378 e. The Bertz CT molecular complexity index is 904. The quantitative estimate of drug-likeness (QED) is 0.839. The molecule has 1 N–H and O–H groups in total. The minimum absolute atomic E-state index is 0.0502. The van der Waals surface area contributed by atoms with E-state index < -0.39 is 0 Å². The van der Waals surface area contributed by atoms with Crippen LogP contribution in [0.3, 0.4) is 0 Å². The Labute approximate surface area is 177 Å². The van der Waals surface area contributed by atoms with Crippen molar-refractivity contribution < 1.29 is 9.53 Å². The van der Waals surface area contributed by atoms with Crippen molar-refractivity contribution >= 4 is 23.4 Å². The van der Waals surface area contributed by atoms with Crippen LogP contribution in [0.15, 0.2) is 24.3 Å². The van der Waals surface area contributed by atoms with Gasteiger partial charge < -0.3 is 24.8 Å². The minimum Gasteiger partial charge on any atom is -0.378 e. The summed E-state index contributed by atoms with van der Waals surface area (Å²) in [6.45, 7) is 12.0. The summed E-state index contributed by atoms with van der Waals surface area (Å²) in [7, 11) is 0. The highest BCUT2D eigenvalue weighted by Gasteiger charge is 2.23. The van der Waals surface area contributed by atoms with E-state index >= 15 is 0 Å². The second kappa shape index (κ2) is 8.87. The Morgan fingerprint density at radius 1 is 0.867 bits per heavy atom. The third-order valence-corrected chi connectivity index (χ3v) is 5.80. The van der Waals surface area contributed by atoms with Crippen LogP contribution >= 0.6 is 0 Å². The second-order valence-corrected chi connectivity index (χ2v) is 7.93. The number of carbonyl (C=O) groups excluding carboxylic acids is 1. The summed E-state index contributed by atoms with van der Waals surface area (Å²) in [6, 6.07) is 8.01. The van der Waals surface area contributed by atoms with Crippen LogP contribution < -0.4 is 15.1 Å². The van der Waals surface area contributed by atoms with Crippen LogP contribution in [-0.4, -0.2) is 73.4 Å². The highest BCUT2D eigenvalue weighted by atomic mass is 16.5. The molecule has 0 bridgehead atoms. The monoisotopic (exact) mass is 410 g/mol. The molecule has 8 nitrogen and oxygen atoms in total. The molecule has 0 aliphatic carbocycles. The van der Waals surface area contributed by atoms with Gasteiger partial charge in [-0.15, -0.1) is 0 Å². The maximum Gasteiger partial charge on any atom is 0.321 e. The normalized spacial score (nSPS) is 17.2. The first kappa shape index (κ1) is 20.4. The van der Waals surface area contributed by atoms with Gasteiger partial charge in [0.1, 0.15) is 17.5 Å². The number of morpholine rings is 1. The molecule has 0 atom stereocenters. The molecule has 0 spiro atoms. The smallest absolute Gasteiger partial charge is 0.321 e. The number of amides is 2. The van der Waals surface area contributed by atoms with Crippen LogP contribution in [0.2, 0.25) is 0 Å². The maximum atomic E-state index is 12.7. The standard InChI is InChI=1S/C22H30N6O2/c1-16-4-5-19(14-17(16)2)25-22(29)28-8-6-26(7-9-28)20-15-21(24-18(3)23-20)27-10-12-30-13-11-27/h4-5,14-15H,6-13H2,1-3H3,(H,25,29). The average Bonchev–Trinajstić information content (AvgIpc) is 2.76. The zero-order chi connectivity index (χ0) is 21.1. The van der Waals surface area contributed by atoms with Crippen LogP contribution in [0.1, 0.15) is 17.0 Å². The van der Waals surface area contributed by atoms with Gasteiger partial charge in [0.05, 0.1) is 13.2 Å². The van der Waals surface area contributed by atoms with Crippen LogP contribution in [0.5, 0.6) is 0 Å². The summed E-state index contributed by atoms with van der Waals surface area (Å²) in [5, 5.41) is 3.02. The molecule has 2 saturated heterocycles. The Kier molecular flexibility index (Phi) is 6.03. The van der Waals surface area contributed by atoms with Crippen LogP contribution in [-0.2, 0) is 4.74 Å². The Balaban J connectivity index is 1.37. The molecular weight excluding hydrogens is 380 g/mol. The predicted molar refractivity (Wildman–Crippen MR) is 119 cm³/mol. The zero-order valence-corrected chi connectivity index (χ0v) is 18.0. The number of hydrogen-bond donors (Lipinski definition) is 1. The molecule has 2 fully saturated rings. The van der Waals surface area contributed by atoms with Crippen molar-refractivity contribution in [2.24, 2.45) is 0 Å². The van der Waals surface area contributed by atoms with E-state index in [9.17, 15) is 4.79 Å². The summed E-state index contributed by atoms with van der Waals surface area (Å²) in [6.07, 6.45) is 0. The van der Waals surface area contributed by atoms with Gasteiger partial charge in [-0.1, -0.05) is 6.07 Å². The molecule has 0 saturated carbocycles. The highest BCUT2D eigenvalue weighted by molar-refractivity contribution is 5.89. The van der Waals surface area contributed by atoms with Crippen molar-refractivity contribution in [3.63, 3.8) is 0 Å². The lowest BCUT2D eigenvalue weighted by molar-refractivity contribution is 0.122. The molecule has 8 heteroatoms. The number of nitrogens with one attached hydrogen (secondary N) is 1. The summed E-state index contributed by atoms with van der Waals surface area (Å²) < 4.78 is 5.45. The Morgan fingerprint density at radius 3 is 2.13 bits per heavy atom. The lowest BCUT2D eigenvalue weighted by Crippen LogP contribution is -2.50. The molecule has 1 aromatic heterocycles. The first-order chi connectivity index (χ1) is 14.5. The molecule has 30 heavy (non-hydrogen) atoms. The fraction of sp³-hybridized carbons (Fsp3) is 0.500. The van der Waals surface area contributed by atoms with Crippen LogP contribution in [0.4, 0.5) is 22.1 Å². The second-order valence-electron chi connectivity index (χ2n) is 7.93. The van der Waals surface area contributed by atoms with Crippen molar-refractivity contribution in [2.45, 2.75) is 20.8 Å². The van der Waals surface area contributed by atoms with E-state index in [1.165, 1.54) is 11.1 Å². The average molecular weight is 411 g/mol. The van der Waals surface area contributed by atoms with E-state index in [1.807, 2.05) is 30.0 Å². The lowest BCUT2D eigenvalue weighted by atomic mass is 10.1. The molecule has 1 aromatic carbocycles. The number of ether oxygens (including phenoxy) is 1. The van der Waals surface area contributed by atoms with Crippen molar-refractivity contribution in [3.05, 3.63) is 41.2 Å². The molecule has 4 rings (SSSR count). The minimum atomic E-state index is -0.0502. The van der Waals surface area contributed by atoms with Crippen molar-refractivity contribution in [2.75, 3.05) is 67.6 Å². The summed E-state index contributed by atoms with van der Waals surface area (Å²) in [4.78, 5) is 28.3. The molecule has 2 amide bonds. The molecule has 2 aromatic rings. The number of urea groups is 1. The number of piperazine rings is 1. The predicted octanol–water partition coefficient (Wildman–Crippen LogP) is 2.59. The van der Waals surface area contributed by atoms with E-state index in [4.69, 9.17) is 4.74 Å². The fourth-order valence-electron chi connectivity index (χ4n) is 3.81. The van der Waals surface area contributed by atoms with Gasteiger partial charge in [0, 0.05) is 51.0 Å². The number of hydrogen-bond acceptors (Lipinski definition) is 6. The SMILES string of the molecule is Cc1nc(N2CCOCC2)cc(N2CCN(C(=O)Nc3ccc(C)c(C)c3)CC2)n1. The van der Waals surface area contributed by atoms with Crippen LogP contribution in [0, 0.1) is 20.8 Å². The maximum absolute atomic E-state index is 12.7. The highest BCUT2D eigenvalue weighted by Crippen LogP contribution is 2.22. The number of benzene rings is 1. The van der Waals surface area contributed by atoms with E-state index in [1.54, 1.807) is 0 Å². The molecule has 2 aliphatic rings. The van der Waals surface area contributed by atoms with Gasteiger partial charge in [0.25, 0.3) is 0 Å². The van der Waals surface area contributed by atoms with Crippen molar-refractivity contribution in [3.8, 4) is 0 Å². The Morgan fingerprint density at radius 2 is 1.50 bits per heavy atom. The first-order valence-electron chi connectivity index (χ1n) is 10.6. The number of aryl methyl sites for hydroxylation is 3. The summed E-state index contributed by atoms with van der Waals surface area (Å²) >= 11 is 0. The van der Waals surface area contributed by atoms with Gasteiger partial charge in [-0.05, 0) is 44.0 Å². The van der Waals surface area contributed by atoms with Crippen molar-refractivity contribution in [1.82, 2.24) is 14.9 Å². The third-order valence-electron chi connectivity index (χ3n) is 5.80. The van der Waals surface area contributed by atoms with E-state index in [0.717, 1.165) is 62.5 Å². The molecule has 3 heterocycles. The number of rotatable bonds is 3. The topological polar surface area (TPSA) is 73.8 Å². The van der Waals surface area contributed by atoms with Gasteiger partial charge in [-0.3, -0.25) is 0 Å². The number of carbonyl (C=O) groups is 1. The van der Waals surface area contributed by atoms with Gasteiger partial charge in [-0.25, -0.2) is 14.8 Å². The zero-order valence-electron chi connectivity index (χ0n) is 18.0. The molecule has 2 aliphatic heterocycles. The van der Waals surface area contributed by atoms with Crippen molar-refractivity contribution in [1.29, 1.82) is 0 Å². The van der Waals surface area contributed by atoms with Gasteiger partial charge >= 0.3 is 6.03 Å². The number of anilines is 3. The van der Waals surface area contributed by atoms with E-state index in [2.05, 4.69) is 45.0 Å². The molecule has 0 unspecified atom stereocenters. The lowest BCUT2D eigenvalue weighted by Gasteiger charge is -2.36. The van der Waals surface area contributed by atoms with E-state index in [-0.39, 0.29) is 6.03 Å². The third kappa shape index (κ3) is 4.64. The van der Waals surface area contributed by atoms with Gasteiger partial charge in [0.2, 0.25) is 0 Å². The van der Waals surface area contributed by atoms with Crippen LogP contribution in [0.25, 0.3) is 0 Å². The van der Waals surface area contributed by atoms with Gasteiger partial charge in [-0.2, -0.15) is 0 Å². The Hall–Kier alpha value is -2.87.